The van der Waals surface area contributed by atoms with Crippen molar-refractivity contribution in [2.45, 2.75) is 57.5 Å². The van der Waals surface area contributed by atoms with Gasteiger partial charge in [0.25, 0.3) is 5.91 Å². The van der Waals surface area contributed by atoms with Gasteiger partial charge in [-0.25, -0.2) is 4.98 Å². The van der Waals surface area contributed by atoms with Gasteiger partial charge in [-0.15, -0.1) is 0 Å². The third-order valence-corrected chi connectivity index (χ3v) is 7.59. The molecule has 1 amide bonds. The van der Waals surface area contributed by atoms with Gasteiger partial charge in [0.05, 0.1) is 6.61 Å². The van der Waals surface area contributed by atoms with E-state index < -0.39 is 0 Å². The fourth-order valence-corrected chi connectivity index (χ4v) is 6.02. The maximum absolute atomic E-state index is 13.4. The van der Waals surface area contributed by atoms with Gasteiger partial charge in [0, 0.05) is 37.8 Å². The Morgan fingerprint density at radius 1 is 1.23 bits per heavy atom. The molecule has 2 aliphatic heterocycles. The summed E-state index contributed by atoms with van der Waals surface area (Å²) in [7, 11) is 1.95. The molecule has 3 heterocycles. The first-order valence-electron chi connectivity index (χ1n) is 11.5. The van der Waals surface area contributed by atoms with E-state index in [4.69, 9.17) is 4.98 Å². The summed E-state index contributed by atoms with van der Waals surface area (Å²) < 4.78 is 2.73. The molecule has 1 atom stereocenters. The lowest BCUT2D eigenvalue weighted by Gasteiger charge is -2.39. The van der Waals surface area contributed by atoms with E-state index in [0.717, 1.165) is 66.8 Å². The number of nitrogens with zero attached hydrogens (tertiary/aromatic N) is 4. The number of aryl methyl sites for hydroxylation is 1. The maximum Gasteiger partial charge on any atom is 0.273 e. The van der Waals surface area contributed by atoms with Gasteiger partial charge in [-0.2, -0.15) is 0 Å². The van der Waals surface area contributed by atoms with Crippen molar-refractivity contribution in [3.63, 3.8) is 0 Å². The molecule has 168 valence electrons. The average molecular weight is 536 g/mol. The SMILES string of the molecule is CCCc1cccc(-c2nc(I)c(C(=O)N3CCC(N4CCC[C@@H]4CO)CC3)n2C)c1. The molecular formula is C24H33IN4O2. The second-order valence-corrected chi connectivity index (χ2v) is 9.85. The van der Waals surface area contributed by atoms with Gasteiger partial charge in [0.2, 0.25) is 0 Å². The summed E-state index contributed by atoms with van der Waals surface area (Å²) in [6.45, 7) is 5.03. The van der Waals surface area contributed by atoms with Crippen LogP contribution in [0.5, 0.6) is 0 Å². The smallest absolute Gasteiger partial charge is 0.273 e. The zero-order chi connectivity index (χ0) is 22.0. The first kappa shape index (κ1) is 22.7. The van der Waals surface area contributed by atoms with Crippen LogP contribution in [0.3, 0.4) is 0 Å². The summed E-state index contributed by atoms with van der Waals surface area (Å²) in [6, 6.07) is 9.27. The van der Waals surface area contributed by atoms with Crippen molar-refractivity contribution in [2.24, 2.45) is 7.05 Å². The number of hydrogen-bond acceptors (Lipinski definition) is 4. The van der Waals surface area contributed by atoms with Crippen LogP contribution in [0.2, 0.25) is 0 Å². The van der Waals surface area contributed by atoms with Gasteiger partial charge >= 0.3 is 0 Å². The van der Waals surface area contributed by atoms with Crippen LogP contribution in [0.4, 0.5) is 0 Å². The minimum Gasteiger partial charge on any atom is -0.395 e. The van der Waals surface area contributed by atoms with Crippen LogP contribution in [-0.2, 0) is 13.5 Å². The van der Waals surface area contributed by atoms with Crippen LogP contribution in [0.15, 0.2) is 24.3 Å². The lowest BCUT2D eigenvalue weighted by atomic mass is 10.0. The highest BCUT2D eigenvalue weighted by Crippen LogP contribution is 2.28. The highest BCUT2D eigenvalue weighted by molar-refractivity contribution is 14.1. The second kappa shape index (κ2) is 10.0. The molecule has 0 radical (unpaired) electrons. The Morgan fingerprint density at radius 3 is 2.71 bits per heavy atom. The predicted octanol–water partition coefficient (Wildman–Crippen LogP) is 3.71. The molecule has 2 fully saturated rings. The summed E-state index contributed by atoms with van der Waals surface area (Å²) in [4.78, 5) is 22.6. The van der Waals surface area contributed by atoms with E-state index in [1.807, 2.05) is 16.5 Å². The maximum atomic E-state index is 13.4. The van der Waals surface area contributed by atoms with Crippen molar-refractivity contribution < 1.29 is 9.90 Å². The lowest BCUT2D eigenvalue weighted by molar-refractivity contribution is 0.0530. The van der Waals surface area contributed by atoms with E-state index in [9.17, 15) is 9.90 Å². The molecule has 1 N–H and O–H groups in total. The highest BCUT2D eigenvalue weighted by Gasteiger charge is 2.34. The van der Waals surface area contributed by atoms with Gasteiger partial charge in [0.15, 0.2) is 0 Å². The highest BCUT2D eigenvalue weighted by atomic mass is 127. The standard InChI is InChI=1S/C24H33IN4O2/c1-3-6-17-7-4-8-18(15-17)23-26-22(25)21(27(23)2)24(31)28-13-10-19(11-14-28)29-12-5-9-20(29)16-30/h4,7-8,15,19-20,30H,3,5-6,9-14,16H2,1-2H3/t20-/m1/s1. The van der Waals surface area contributed by atoms with Crippen molar-refractivity contribution in [1.29, 1.82) is 0 Å². The van der Waals surface area contributed by atoms with E-state index >= 15 is 0 Å². The van der Waals surface area contributed by atoms with Gasteiger partial charge in [-0.05, 0) is 72.9 Å². The molecule has 0 spiro atoms. The average Bonchev–Trinajstić information content (AvgIpc) is 3.38. The lowest BCUT2D eigenvalue weighted by Crippen LogP contribution is -2.49. The number of amides is 1. The van der Waals surface area contributed by atoms with Gasteiger partial charge < -0.3 is 14.6 Å². The van der Waals surface area contributed by atoms with E-state index in [2.05, 4.69) is 58.7 Å². The largest absolute Gasteiger partial charge is 0.395 e. The van der Waals surface area contributed by atoms with Crippen molar-refractivity contribution in [2.75, 3.05) is 26.2 Å². The quantitative estimate of drug-likeness (QED) is 0.573. The van der Waals surface area contributed by atoms with Crippen molar-refractivity contribution in [1.82, 2.24) is 19.4 Å². The Hall–Kier alpha value is -1.45. The molecule has 0 unspecified atom stereocenters. The van der Waals surface area contributed by atoms with E-state index in [1.54, 1.807) is 0 Å². The Morgan fingerprint density at radius 2 is 2.00 bits per heavy atom. The van der Waals surface area contributed by atoms with Crippen molar-refractivity contribution >= 4 is 28.5 Å². The van der Waals surface area contributed by atoms with Gasteiger partial charge in [-0.3, -0.25) is 9.69 Å². The number of likely N-dealkylation sites (tertiary alicyclic amines) is 2. The van der Waals surface area contributed by atoms with E-state index in [-0.39, 0.29) is 12.5 Å². The van der Waals surface area contributed by atoms with Crippen molar-refractivity contribution in [3.05, 3.63) is 39.2 Å². The molecule has 31 heavy (non-hydrogen) atoms. The first-order chi connectivity index (χ1) is 15.0. The molecular weight excluding hydrogens is 503 g/mol. The zero-order valence-corrected chi connectivity index (χ0v) is 20.7. The van der Waals surface area contributed by atoms with Crippen LogP contribution < -0.4 is 0 Å². The minimum absolute atomic E-state index is 0.0777. The number of aromatic nitrogens is 2. The minimum atomic E-state index is 0.0777. The molecule has 2 saturated heterocycles. The molecule has 0 saturated carbocycles. The summed E-state index contributed by atoms with van der Waals surface area (Å²) in [5.41, 5.74) is 3.05. The molecule has 0 bridgehead atoms. The van der Waals surface area contributed by atoms with Crippen LogP contribution in [0.25, 0.3) is 11.4 Å². The number of imidazole rings is 1. The zero-order valence-electron chi connectivity index (χ0n) is 18.6. The van der Waals surface area contributed by atoms with Crippen LogP contribution in [-0.4, -0.2) is 68.7 Å². The summed E-state index contributed by atoms with van der Waals surface area (Å²) >= 11 is 2.20. The van der Waals surface area contributed by atoms with Crippen molar-refractivity contribution in [3.8, 4) is 11.4 Å². The molecule has 2 aromatic rings. The topological polar surface area (TPSA) is 61.6 Å². The number of carbonyl (C=O) groups is 1. The molecule has 1 aromatic heterocycles. The molecule has 0 aliphatic carbocycles. The molecule has 7 heteroatoms. The number of aliphatic hydroxyl groups excluding tert-OH is 1. The Bertz CT molecular complexity index is 920. The number of aliphatic hydroxyl groups is 1. The summed E-state index contributed by atoms with van der Waals surface area (Å²) in [5.74, 6) is 0.928. The Balaban J connectivity index is 1.48. The first-order valence-corrected chi connectivity index (χ1v) is 12.6. The van der Waals surface area contributed by atoms with Crippen LogP contribution >= 0.6 is 22.6 Å². The number of rotatable bonds is 6. The number of halogens is 1. The summed E-state index contributed by atoms with van der Waals surface area (Å²) in [5, 5.41) is 9.64. The Labute approximate surface area is 198 Å². The van der Waals surface area contributed by atoms with Crippen LogP contribution in [0, 0.1) is 3.70 Å². The van der Waals surface area contributed by atoms with E-state index in [0.29, 0.717) is 17.8 Å². The Kier molecular flexibility index (Phi) is 7.33. The number of carbonyl (C=O) groups excluding carboxylic acids is 1. The number of piperidine rings is 1. The fraction of sp³-hybridized carbons (Fsp3) is 0.583. The number of benzene rings is 1. The predicted molar refractivity (Wildman–Crippen MR) is 131 cm³/mol. The number of hydrogen-bond donors (Lipinski definition) is 1. The molecule has 6 nitrogen and oxygen atoms in total. The normalized spacial score (nSPS) is 20.5. The van der Waals surface area contributed by atoms with Gasteiger partial charge in [-0.1, -0.05) is 31.5 Å². The molecule has 1 aromatic carbocycles. The molecule has 2 aliphatic rings. The molecule has 4 rings (SSSR count). The monoisotopic (exact) mass is 536 g/mol. The van der Waals surface area contributed by atoms with E-state index in [1.165, 1.54) is 12.0 Å². The third-order valence-electron chi connectivity index (χ3n) is 6.83. The third kappa shape index (κ3) is 4.68. The fourth-order valence-electron chi connectivity index (χ4n) is 5.19. The van der Waals surface area contributed by atoms with Gasteiger partial charge in [0.1, 0.15) is 15.2 Å². The van der Waals surface area contributed by atoms with Crippen LogP contribution in [0.1, 0.15) is 55.1 Å². The second-order valence-electron chi connectivity index (χ2n) is 8.82. The summed E-state index contributed by atoms with van der Waals surface area (Å²) in [6.07, 6.45) is 6.36.